The summed E-state index contributed by atoms with van der Waals surface area (Å²) in [4.78, 5) is 12.1. The van der Waals surface area contributed by atoms with Crippen LogP contribution in [0.15, 0.2) is 5.38 Å². The molecular formula is C16H24N2O3S2. The van der Waals surface area contributed by atoms with Crippen molar-refractivity contribution >= 4 is 39.6 Å². The molecule has 2 heterocycles. The van der Waals surface area contributed by atoms with Crippen molar-refractivity contribution in [1.82, 2.24) is 5.32 Å². The molecule has 1 aromatic heterocycles. The highest BCUT2D eigenvalue weighted by atomic mass is 32.1. The van der Waals surface area contributed by atoms with E-state index in [9.17, 15) is 4.79 Å². The van der Waals surface area contributed by atoms with Crippen molar-refractivity contribution in [2.45, 2.75) is 39.2 Å². The van der Waals surface area contributed by atoms with Gasteiger partial charge >= 0.3 is 5.97 Å². The molecule has 0 bridgehead atoms. The summed E-state index contributed by atoms with van der Waals surface area (Å²) >= 11 is 6.80. The molecule has 1 aromatic rings. The molecule has 1 atom stereocenters. The van der Waals surface area contributed by atoms with Crippen LogP contribution in [0.4, 0.5) is 5.00 Å². The third-order valence-corrected chi connectivity index (χ3v) is 4.82. The van der Waals surface area contributed by atoms with E-state index < -0.39 is 0 Å². The van der Waals surface area contributed by atoms with E-state index >= 15 is 0 Å². The second-order valence-electron chi connectivity index (χ2n) is 6.02. The quantitative estimate of drug-likeness (QED) is 0.603. The first-order chi connectivity index (χ1) is 11.0. The Morgan fingerprint density at radius 3 is 2.96 bits per heavy atom. The van der Waals surface area contributed by atoms with Gasteiger partial charge in [-0.2, -0.15) is 0 Å². The van der Waals surface area contributed by atoms with Gasteiger partial charge in [-0.05, 0) is 48.3 Å². The number of hydrogen-bond acceptors (Lipinski definition) is 5. The molecule has 0 spiro atoms. The summed E-state index contributed by atoms with van der Waals surface area (Å²) in [6.07, 6.45) is 3.21. The van der Waals surface area contributed by atoms with Crippen LogP contribution >= 0.6 is 23.6 Å². The topological polar surface area (TPSA) is 59.6 Å². The largest absolute Gasteiger partial charge is 0.465 e. The molecule has 0 amide bonds. The maximum absolute atomic E-state index is 12.1. The predicted molar refractivity (Wildman–Crippen MR) is 97.4 cm³/mol. The van der Waals surface area contributed by atoms with Gasteiger partial charge in [0.15, 0.2) is 5.11 Å². The molecule has 7 heteroatoms. The Morgan fingerprint density at radius 1 is 1.57 bits per heavy atom. The summed E-state index contributed by atoms with van der Waals surface area (Å²) in [7, 11) is 1.40. The van der Waals surface area contributed by atoms with E-state index in [0.29, 0.717) is 23.1 Å². The lowest BCUT2D eigenvalue weighted by Crippen LogP contribution is -2.35. The second-order valence-corrected chi connectivity index (χ2v) is 7.31. The molecule has 128 valence electrons. The van der Waals surface area contributed by atoms with Crippen LogP contribution in [0.5, 0.6) is 0 Å². The molecule has 1 aliphatic heterocycles. The first-order valence-electron chi connectivity index (χ1n) is 7.86. The third kappa shape index (κ3) is 5.16. The van der Waals surface area contributed by atoms with Crippen LogP contribution in [0.3, 0.4) is 0 Å². The lowest BCUT2D eigenvalue weighted by Gasteiger charge is -2.14. The van der Waals surface area contributed by atoms with Crippen molar-refractivity contribution in [2.75, 3.05) is 25.6 Å². The van der Waals surface area contributed by atoms with Crippen molar-refractivity contribution in [3.05, 3.63) is 16.5 Å². The number of anilines is 1. The number of thiocarbonyl (C=S) groups is 1. The SMILES string of the molecule is COC(=O)c1c(CC(C)C)csc1NC(=S)NC[C@@H]1CCCO1. The predicted octanol–water partition coefficient (Wildman–Crippen LogP) is 3.20. The minimum absolute atomic E-state index is 0.217. The highest BCUT2D eigenvalue weighted by Gasteiger charge is 2.21. The average molecular weight is 357 g/mol. The van der Waals surface area contributed by atoms with Crippen molar-refractivity contribution in [3.8, 4) is 0 Å². The van der Waals surface area contributed by atoms with Crippen LogP contribution in [-0.2, 0) is 15.9 Å². The van der Waals surface area contributed by atoms with Crippen molar-refractivity contribution in [2.24, 2.45) is 5.92 Å². The number of ether oxygens (including phenoxy) is 2. The standard InChI is InChI=1S/C16H24N2O3S2/c1-10(2)7-11-9-23-14(13(11)15(19)20-3)18-16(22)17-8-12-5-4-6-21-12/h9-10,12H,4-8H2,1-3H3,(H2,17,18,22)/t12-/m0/s1. The Balaban J connectivity index is 2.01. The lowest BCUT2D eigenvalue weighted by atomic mass is 10.0. The van der Waals surface area contributed by atoms with Crippen LogP contribution < -0.4 is 10.6 Å². The van der Waals surface area contributed by atoms with Gasteiger partial charge in [0.1, 0.15) is 5.00 Å². The summed E-state index contributed by atoms with van der Waals surface area (Å²) in [6.45, 7) is 5.76. The number of carbonyl (C=O) groups excluding carboxylic acids is 1. The highest BCUT2D eigenvalue weighted by molar-refractivity contribution is 7.80. The number of methoxy groups -OCH3 is 1. The molecule has 1 saturated heterocycles. The van der Waals surface area contributed by atoms with E-state index in [0.717, 1.165) is 36.4 Å². The van der Waals surface area contributed by atoms with Gasteiger partial charge in [0, 0.05) is 13.2 Å². The molecule has 0 aromatic carbocycles. The third-order valence-electron chi connectivity index (χ3n) is 3.63. The number of esters is 1. The van der Waals surface area contributed by atoms with E-state index in [1.165, 1.54) is 18.4 Å². The number of thiophene rings is 1. The number of rotatable bonds is 6. The first kappa shape index (κ1) is 18.2. The maximum atomic E-state index is 12.1. The molecule has 1 fully saturated rings. The Bertz CT molecular complexity index is 552. The fourth-order valence-corrected chi connectivity index (χ4v) is 3.78. The van der Waals surface area contributed by atoms with Crippen LogP contribution in [0.2, 0.25) is 0 Å². The zero-order chi connectivity index (χ0) is 16.8. The summed E-state index contributed by atoms with van der Waals surface area (Å²) < 4.78 is 10.5. The molecule has 0 unspecified atom stereocenters. The first-order valence-corrected chi connectivity index (χ1v) is 9.15. The average Bonchev–Trinajstić information content (AvgIpc) is 3.14. The Kier molecular flexibility index (Phi) is 6.80. The normalized spacial score (nSPS) is 17.3. The molecular weight excluding hydrogens is 332 g/mol. The number of carbonyl (C=O) groups is 1. The van der Waals surface area contributed by atoms with Gasteiger partial charge in [0.2, 0.25) is 0 Å². The number of hydrogen-bond donors (Lipinski definition) is 2. The van der Waals surface area contributed by atoms with Crippen LogP contribution in [-0.4, -0.2) is 37.4 Å². The van der Waals surface area contributed by atoms with Crippen molar-refractivity contribution in [3.63, 3.8) is 0 Å². The minimum atomic E-state index is -0.327. The van der Waals surface area contributed by atoms with Gasteiger partial charge in [-0.25, -0.2) is 4.79 Å². The molecule has 2 N–H and O–H groups in total. The summed E-state index contributed by atoms with van der Waals surface area (Å²) in [6, 6.07) is 0. The Labute approximate surface area is 146 Å². The number of nitrogens with one attached hydrogen (secondary N) is 2. The summed E-state index contributed by atoms with van der Waals surface area (Å²) in [5.74, 6) is 0.136. The van der Waals surface area contributed by atoms with Gasteiger partial charge in [0.05, 0.1) is 18.8 Å². The Morgan fingerprint density at radius 2 is 2.35 bits per heavy atom. The van der Waals surface area contributed by atoms with E-state index in [2.05, 4.69) is 24.5 Å². The smallest absolute Gasteiger partial charge is 0.341 e. The molecule has 23 heavy (non-hydrogen) atoms. The second kappa shape index (κ2) is 8.61. The molecule has 0 radical (unpaired) electrons. The van der Waals surface area contributed by atoms with Gasteiger partial charge in [-0.15, -0.1) is 11.3 Å². The van der Waals surface area contributed by atoms with Crippen LogP contribution in [0, 0.1) is 5.92 Å². The molecule has 2 rings (SSSR count). The molecule has 1 aliphatic rings. The Hall–Kier alpha value is -1.18. The van der Waals surface area contributed by atoms with Crippen LogP contribution in [0.25, 0.3) is 0 Å². The van der Waals surface area contributed by atoms with Crippen LogP contribution in [0.1, 0.15) is 42.6 Å². The fourth-order valence-electron chi connectivity index (χ4n) is 2.56. The van der Waals surface area contributed by atoms with Gasteiger partial charge < -0.3 is 20.1 Å². The highest BCUT2D eigenvalue weighted by Crippen LogP contribution is 2.30. The van der Waals surface area contributed by atoms with E-state index in [1.807, 2.05) is 5.38 Å². The van der Waals surface area contributed by atoms with Crippen molar-refractivity contribution in [1.29, 1.82) is 0 Å². The zero-order valence-corrected chi connectivity index (χ0v) is 15.4. The van der Waals surface area contributed by atoms with E-state index in [1.54, 1.807) is 0 Å². The lowest BCUT2D eigenvalue weighted by molar-refractivity contribution is 0.0601. The maximum Gasteiger partial charge on any atom is 0.341 e. The molecule has 0 aliphatic carbocycles. The van der Waals surface area contributed by atoms with E-state index in [-0.39, 0.29) is 12.1 Å². The summed E-state index contributed by atoms with van der Waals surface area (Å²) in [5, 5.41) is 9.52. The van der Waals surface area contributed by atoms with Gasteiger partial charge in [-0.1, -0.05) is 13.8 Å². The monoisotopic (exact) mass is 356 g/mol. The fraction of sp³-hybridized carbons (Fsp3) is 0.625. The van der Waals surface area contributed by atoms with Gasteiger partial charge in [0.25, 0.3) is 0 Å². The summed E-state index contributed by atoms with van der Waals surface area (Å²) in [5.41, 5.74) is 1.59. The molecule has 0 saturated carbocycles. The van der Waals surface area contributed by atoms with Gasteiger partial charge in [-0.3, -0.25) is 0 Å². The molecule has 5 nitrogen and oxygen atoms in total. The van der Waals surface area contributed by atoms with Crippen molar-refractivity contribution < 1.29 is 14.3 Å². The zero-order valence-electron chi connectivity index (χ0n) is 13.8. The van der Waals surface area contributed by atoms with E-state index in [4.69, 9.17) is 21.7 Å². The minimum Gasteiger partial charge on any atom is -0.465 e.